The number of carbonyl (C=O) groups excluding carboxylic acids is 1. The number of ether oxygens (including phenoxy) is 2. The molecule has 0 bridgehead atoms. The summed E-state index contributed by atoms with van der Waals surface area (Å²) in [5.41, 5.74) is 0.533. The number of nitrogens with zero attached hydrogens (tertiary/aromatic N) is 5. The standard InChI is InChI=1S/C17H21N5O3/c1-12-11-22(6-7-25-12)15-8-13(4-5-18-15)16(23)21(2)17-19-9-14(24-3)10-20-17/h4-5,8-10,12H,6-7,11H2,1-3H3. The van der Waals surface area contributed by atoms with Gasteiger partial charge in [0, 0.05) is 31.9 Å². The van der Waals surface area contributed by atoms with Crippen LogP contribution in [0.1, 0.15) is 17.3 Å². The molecule has 1 aliphatic heterocycles. The molecule has 1 fully saturated rings. The number of hydrogen-bond acceptors (Lipinski definition) is 7. The van der Waals surface area contributed by atoms with Crippen molar-refractivity contribution < 1.29 is 14.3 Å². The van der Waals surface area contributed by atoms with Crippen LogP contribution in [0.25, 0.3) is 0 Å². The number of anilines is 2. The second-order valence-electron chi connectivity index (χ2n) is 5.82. The fraction of sp³-hybridized carbons (Fsp3) is 0.412. The highest BCUT2D eigenvalue weighted by Gasteiger charge is 2.21. The van der Waals surface area contributed by atoms with Crippen molar-refractivity contribution in [3.05, 3.63) is 36.3 Å². The van der Waals surface area contributed by atoms with Crippen molar-refractivity contribution in [1.82, 2.24) is 15.0 Å². The average molecular weight is 343 g/mol. The molecule has 0 saturated carbocycles. The minimum Gasteiger partial charge on any atom is -0.494 e. The molecule has 25 heavy (non-hydrogen) atoms. The summed E-state index contributed by atoms with van der Waals surface area (Å²) < 4.78 is 10.6. The van der Waals surface area contributed by atoms with Gasteiger partial charge in [-0.2, -0.15) is 0 Å². The van der Waals surface area contributed by atoms with E-state index in [0.717, 1.165) is 18.9 Å². The summed E-state index contributed by atoms with van der Waals surface area (Å²) in [5, 5.41) is 0. The first-order valence-electron chi connectivity index (χ1n) is 8.05. The summed E-state index contributed by atoms with van der Waals surface area (Å²) in [5.74, 6) is 1.42. The summed E-state index contributed by atoms with van der Waals surface area (Å²) >= 11 is 0. The average Bonchev–Trinajstić information content (AvgIpc) is 2.67. The van der Waals surface area contributed by atoms with Gasteiger partial charge in [0.2, 0.25) is 5.95 Å². The Balaban J connectivity index is 1.78. The molecule has 132 valence electrons. The minimum absolute atomic E-state index is 0.144. The van der Waals surface area contributed by atoms with Gasteiger partial charge in [0.15, 0.2) is 5.75 Å². The maximum atomic E-state index is 12.7. The lowest BCUT2D eigenvalue weighted by Gasteiger charge is -2.32. The number of pyridine rings is 1. The molecule has 0 radical (unpaired) electrons. The predicted molar refractivity (Wildman–Crippen MR) is 93.2 cm³/mol. The summed E-state index contributed by atoms with van der Waals surface area (Å²) in [7, 11) is 3.18. The number of rotatable bonds is 4. The third-order valence-electron chi connectivity index (χ3n) is 4.01. The Hall–Kier alpha value is -2.74. The van der Waals surface area contributed by atoms with Gasteiger partial charge in [-0.3, -0.25) is 9.69 Å². The molecule has 1 saturated heterocycles. The van der Waals surface area contributed by atoms with Crippen molar-refractivity contribution in [3.8, 4) is 5.75 Å². The van der Waals surface area contributed by atoms with E-state index in [0.29, 0.717) is 23.9 Å². The molecule has 2 aromatic heterocycles. The molecule has 0 spiro atoms. The zero-order chi connectivity index (χ0) is 17.8. The lowest BCUT2D eigenvalue weighted by Crippen LogP contribution is -2.41. The van der Waals surface area contributed by atoms with Crippen LogP contribution in [0.3, 0.4) is 0 Å². The van der Waals surface area contributed by atoms with Crippen LogP contribution in [0.5, 0.6) is 5.75 Å². The van der Waals surface area contributed by atoms with E-state index in [2.05, 4.69) is 19.9 Å². The molecular formula is C17H21N5O3. The van der Waals surface area contributed by atoms with E-state index in [1.165, 1.54) is 24.4 Å². The summed E-state index contributed by atoms with van der Waals surface area (Å²) in [6, 6.07) is 3.48. The van der Waals surface area contributed by atoms with Crippen molar-refractivity contribution >= 4 is 17.7 Å². The number of carbonyl (C=O) groups is 1. The number of hydrogen-bond donors (Lipinski definition) is 0. The molecule has 0 aliphatic carbocycles. The van der Waals surface area contributed by atoms with Crippen LogP contribution in [0, 0.1) is 0 Å². The lowest BCUT2D eigenvalue weighted by molar-refractivity contribution is 0.0529. The summed E-state index contributed by atoms with van der Waals surface area (Å²) in [4.78, 5) is 28.9. The summed E-state index contributed by atoms with van der Waals surface area (Å²) in [6.07, 6.45) is 4.84. The Labute approximate surface area is 146 Å². The van der Waals surface area contributed by atoms with Crippen LogP contribution < -0.4 is 14.5 Å². The second-order valence-corrected chi connectivity index (χ2v) is 5.82. The largest absolute Gasteiger partial charge is 0.494 e. The van der Waals surface area contributed by atoms with Crippen LogP contribution in [0.15, 0.2) is 30.7 Å². The zero-order valence-electron chi connectivity index (χ0n) is 14.5. The fourth-order valence-corrected chi connectivity index (χ4v) is 2.62. The van der Waals surface area contributed by atoms with Crippen molar-refractivity contribution in [2.24, 2.45) is 0 Å². The number of amides is 1. The molecule has 8 heteroatoms. The second kappa shape index (κ2) is 7.43. The van der Waals surface area contributed by atoms with Gasteiger partial charge < -0.3 is 14.4 Å². The van der Waals surface area contributed by atoms with E-state index in [9.17, 15) is 4.79 Å². The van der Waals surface area contributed by atoms with E-state index in [1.54, 1.807) is 25.4 Å². The Morgan fingerprint density at radius 1 is 1.36 bits per heavy atom. The van der Waals surface area contributed by atoms with Crippen LogP contribution in [-0.4, -0.2) is 60.8 Å². The van der Waals surface area contributed by atoms with Crippen LogP contribution in [-0.2, 0) is 4.74 Å². The first-order chi connectivity index (χ1) is 12.1. The lowest BCUT2D eigenvalue weighted by atomic mass is 10.2. The van der Waals surface area contributed by atoms with Gasteiger partial charge in [-0.15, -0.1) is 0 Å². The monoisotopic (exact) mass is 343 g/mol. The molecule has 1 atom stereocenters. The van der Waals surface area contributed by atoms with Crippen molar-refractivity contribution in [2.45, 2.75) is 13.0 Å². The highest BCUT2D eigenvalue weighted by atomic mass is 16.5. The maximum absolute atomic E-state index is 12.7. The predicted octanol–water partition coefficient (Wildman–Crippen LogP) is 1.38. The van der Waals surface area contributed by atoms with Gasteiger partial charge in [-0.05, 0) is 19.1 Å². The van der Waals surface area contributed by atoms with E-state index >= 15 is 0 Å². The minimum atomic E-state index is -0.199. The van der Waals surface area contributed by atoms with E-state index in [1.807, 2.05) is 6.92 Å². The van der Waals surface area contributed by atoms with Crippen LogP contribution in [0.2, 0.25) is 0 Å². The third-order valence-corrected chi connectivity index (χ3v) is 4.01. The molecule has 1 unspecified atom stereocenters. The van der Waals surface area contributed by atoms with Gasteiger partial charge >= 0.3 is 0 Å². The molecule has 3 rings (SSSR count). The quantitative estimate of drug-likeness (QED) is 0.829. The van der Waals surface area contributed by atoms with E-state index in [-0.39, 0.29) is 12.0 Å². The van der Waals surface area contributed by atoms with Gasteiger partial charge in [-0.1, -0.05) is 0 Å². The molecule has 3 heterocycles. The zero-order valence-corrected chi connectivity index (χ0v) is 14.5. The highest BCUT2D eigenvalue weighted by Crippen LogP contribution is 2.19. The molecule has 8 nitrogen and oxygen atoms in total. The van der Waals surface area contributed by atoms with Gasteiger partial charge in [-0.25, -0.2) is 15.0 Å². The van der Waals surface area contributed by atoms with E-state index < -0.39 is 0 Å². The molecular weight excluding hydrogens is 322 g/mol. The van der Waals surface area contributed by atoms with E-state index in [4.69, 9.17) is 9.47 Å². The highest BCUT2D eigenvalue weighted by molar-refractivity contribution is 6.05. The maximum Gasteiger partial charge on any atom is 0.260 e. The van der Waals surface area contributed by atoms with Crippen molar-refractivity contribution in [1.29, 1.82) is 0 Å². The molecule has 0 N–H and O–H groups in total. The third kappa shape index (κ3) is 3.85. The number of aromatic nitrogens is 3. The first kappa shape index (κ1) is 17.1. The Kier molecular flexibility index (Phi) is 5.08. The van der Waals surface area contributed by atoms with Gasteiger partial charge in [0.05, 0.1) is 32.2 Å². The Morgan fingerprint density at radius 3 is 2.80 bits per heavy atom. The molecule has 2 aromatic rings. The summed E-state index contributed by atoms with van der Waals surface area (Å²) in [6.45, 7) is 4.19. The number of methoxy groups -OCH3 is 1. The number of morpholine rings is 1. The van der Waals surface area contributed by atoms with Gasteiger partial charge in [0.1, 0.15) is 5.82 Å². The van der Waals surface area contributed by atoms with Crippen LogP contribution in [0.4, 0.5) is 11.8 Å². The fourth-order valence-electron chi connectivity index (χ4n) is 2.62. The molecule has 1 amide bonds. The smallest absolute Gasteiger partial charge is 0.260 e. The van der Waals surface area contributed by atoms with Crippen molar-refractivity contribution in [2.75, 3.05) is 43.7 Å². The SMILES string of the molecule is COc1cnc(N(C)C(=O)c2ccnc(N3CCOC(C)C3)c2)nc1. The van der Waals surface area contributed by atoms with Crippen LogP contribution >= 0.6 is 0 Å². The Morgan fingerprint density at radius 2 is 2.12 bits per heavy atom. The van der Waals surface area contributed by atoms with Crippen molar-refractivity contribution in [3.63, 3.8) is 0 Å². The first-order valence-corrected chi connectivity index (χ1v) is 8.05. The van der Waals surface area contributed by atoms with Gasteiger partial charge in [0.25, 0.3) is 5.91 Å². The molecule has 0 aromatic carbocycles. The molecule has 1 aliphatic rings. The topological polar surface area (TPSA) is 80.7 Å². The normalized spacial score (nSPS) is 17.2. The Bertz CT molecular complexity index is 737.